The predicted octanol–water partition coefficient (Wildman–Crippen LogP) is 1.17. The Labute approximate surface area is 181 Å². The molecule has 5 atom stereocenters. The third kappa shape index (κ3) is 3.42. The summed E-state index contributed by atoms with van der Waals surface area (Å²) in [5.41, 5.74) is 1.71. The Hall–Kier alpha value is -1.64. The van der Waals surface area contributed by atoms with Gasteiger partial charge in [-0.15, -0.1) is 0 Å². The number of aryl methyl sites for hydroxylation is 1. The van der Waals surface area contributed by atoms with E-state index in [9.17, 15) is 14.7 Å². The molecule has 5 heterocycles. The molecule has 4 aliphatic rings. The quantitative estimate of drug-likeness (QED) is 0.743. The van der Waals surface area contributed by atoms with E-state index in [0.29, 0.717) is 43.4 Å². The number of likely N-dealkylation sites (tertiary alicyclic amines) is 2. The van der Waals surface area contributed by atoms with Crippen molar-refractivity contribution in [1.82, 2.24) is 24.9 Å². The lowest BCUT2D eigenvalue weighted by atomic mass is 9.71. The maximum absolute atomic E-state index is 13.5. The highest BCUT2D eigenvalue weighted by Gasteiger charge is 2.53. The van der Waals surface area contributed by atoms with Crippen LogP contribution in [0.15, 0.2) is 0 Å². The molecular weight excluding hydrogens is 406 g/mol. The number of β-amino-alcohol motifs (C(OH)–C–C–N with tert-alkyl or cyclic N) is 1. The van der Waals surface area contributed by atoms with Crippen LogP contribution < -0.4 is 0 Å². The van der Waals surface area contributed by atoms with Gasteiger partial charge in [0.1, 0.15) is 6.04 Å². The highest BCUT2D eigenvalue weighted by atomic mass is 35.5. The summed E-state index contributed by atoms with van der Waals surface area (Å²) in [6, 6.07) is -0.285. The molecule has 1 aromatic rings. The number of H-pyrrole nitrogens is 1. The number of hydrogen-bond donors (Lipinski definition) is 2. The van der Waals surface area contributed by atoms with Gasteiger partial charge in [-0.1, -0.05) is 11.6 Å². The Morgan fingerprint density at radius 1 is 1.27 bits per heavy atom. The van der Waals surface area contributed by atoms with Crippen molar-refractivity contribution in [2.75, 3.05) is 26.2 Å². The van der Waals surface area contributed by atoms with E-state index in [1.807, 2.05) is 11.8 Å². The molecule has 0 radical (unpaired) electrons. The third-order valence-corrected chi connectivity index (χ3v) is 7.96. The zero-order valence-corrected chi connectivity index (χ0v) is 18.1. The molecule has 0 aliphatic carbocycles. The average Bonchev–Trinajstić information content (AvgIpc) is 3.29. The lowest BCUT2D eigenvalue weighted by Crippen LogP contribution is -2.68. The number of hydrogen-bond acceptors (Lipinski definition) is 5. The van der Waals surface area contributed by atoms with Gasteiger partial charge in [0.2, 0.25) is 11.8 Å². The summed E-state index contributed by atoms with van der Waals surface area (Å²) in [6.45, 7) is 5.17. The molecule has 0 unspecified atom stereocenters. The van der Waals surface area contributed by atoms with Crippen LogP contribution in [0.1, 0.15) is 43.5 Å². The van der Waals surface area contributed by atoms with Gasteiger partial charge in [-0.3, -0.25) is 19.6 Å². The Bertz CT molecular complexity index is 845. The molecule has 2 bridgehead atoms. The van der Waals surface area contributed by atoms with Crippen LogP contribution in [-0.4, -0.2) is 86.2 Å². The highest BCUT2D eigenvalue weighted by Crippen LogP contribution is 2.42. The maximum Gasteiger partial charge on any atom is 0.245 e. The first kappa shape index (κ1) is 20.3. The number of carbonyl (C=O) groups excluding carboxylic acids is 2. The summed E-state index contributed by atoms with van der Waals surface area (Å²) in [4.78, 5) is 32.5. The summed E-state index contributed by atoms with van der Waals surface area (Å²) in [7, 11) is 0. The minimum Gasteiger partial charge on any atom is -0.391 e. The number of rotatable bonds is 3. The molecular formula is C21H30ClN5O3. The van der Waals surface area contributed by atoms with Crippen LogP contribution in [0.2, 0.25) is 5.02 Å². The Morgan fingerprint density at radius 3 is 2.77 bits per heavy atom. The van der Waals surface area contributed by atoms with E-state index < -0.39 is 12.1 Å². The first-order valence-corrected chi connectivity index (χ1v) is 11.5. The van der Waals surface area contributed by atoms with Crippen LogP contribution >= 0.6 is 11.6 Å². The number of fused-ring (bicyclic) bond motifs is 4. The fraction of sp³-hybridized carbons (Fsp3) is 0.762. The highest BCUT2D eigenvalue weighted by molar-refractivity contribution is 6.31. The van der Waals surface area contributed by atoms with Crippen LogP contribution in [-0.2, 0) is 16.1 Å². The van der Waals surface area contributed by atoms with E-state index in [4.69, 9.17) is 11.6 Å². The number of aromatic amines is 1. The topological polar surface area (TPSA) is 92.8 Å². The maximum atomic E-state index is 13.5. The summed E-state index contributed by atoms with van der Waals surface area (Å²) in [5, 5.41) is 17.9. The smallest absolute Gasteiger partial charge is 0.245 e. The zero-order valence-electron chi connectivity index (χ0n) is 17.4. The van der Waals surface area contributed by atoms with E-state index in [0.717, 1.165) is 43.7 Å². The van der Waals surface area contributed by atoms with Crippen molar-refractivity contribution in [2.45, 2.75) is 63.8 Å². The zero-order chi connectivity index (χ0) is 21.0. The van der Waals surface area contributed by atoms with Crippen LogP contribution in [0.3, 0.4) is 0 Å². The molecule has 9 heteroatoms. The summed E-state index contributed by atoms with van der Waals surface area (Å²) >= 11 is 6.40. The molecule has 2 N–H and O–H groups in total. The fourth-order valence-electron chi connectivity index (χ4n) is 6.11. The van der Waals surface area contributed by atoms with Crippen molar-refractivity contribution in [3.8, 4) is 0 Å². The molecule has 0 spiro atoms. The van der Waals surface area contributed by atoms with Crippen LogP contribution in [0.4, 0.5) is 0 Å². The summed E-state index contributed by atoms with van der Waals surface area (Å²) < 4.78 is 0. The molecule has 2 amide bonds. The van der Waals surface area contributed by atoms with Crippen molar-refractivity contribution in [3.63, 3.8) is 0 Å². The minimum atomic E-state index is -0.453. The number of aliphatic hydroxyl groups is 1. The average molecular weight is 436 g/mol. The molecule has 4 saturated heterocycles. The molecule has 4 fully saturated rings. The molecule has 0 saturated carbocycles. The summed E-state index contributed by atoms with van der Waals surface area (Å²) in [5.74, 6) is 0.621. The summed E-state index contributed by atoms with van der Waals surface area (Å²) in [6.07, 6.45) is 3.54. The largest absolute Gasteiger partial charge is 0.391 e. The monoisotopic (exact) mass is 435 g/mol. The number of nitrogens with zero attached hydrogens (tertiary/aromatic N) is 4. The molecule has 164 valence electrons. The van der Waals surface area contributed by atoms with E-state index in [1.165, 1.54) is 0 Å². The van der Waals surface area contributed by atoms with Crippen LogP contribution in [0.25, 0.3) is 0 Å². The fourth-order valence-corrected chi connectivity index (χ4v) is 6.26. The van der Waals surface area contributed by atoms with Gasteiger partial charge >= 0.3 is 0 Å². The molecule has 1 aromatic heterocycles. The number of piperidine rings is 3. The number of halogens is 1. The number of nitrogens with one attached hydrogen (secondary N) is 1. The van der Waals surface area contributed by atoms with Gasteiger partial charge in [0, 0.05) is 51.1 Å². The van der Waals surface area contributed by atoms with Gasteiger partial charge in [-0.2, -0.15) is 5.10 Å². The van der Waals surface area contributed by atoms with Crippen molar-refractivity contribution in [2.24, 2.45) is 11.8 Å². The standard InChI is InChI=1S/C21H30ClN5O3/c1-12-19(22)16(24-23-12)11-25-8-13-7-14(9-25)20(21(30)26-6-5-15(28)10-26)27-17(13)3-2-4-18(27)29/h13-15,17,20,28H,2-11H2,1H3,(H,23,24)/t13-,14+,15-,17+,20-/m1/s1. The molecule has 4 aliphatic heterocycles. The second-order valence-corrected chi connectivity index (χ2v) is 9.87. The van der Waals surface area contributed by atoms with Gasteiger partial charge in [0.05, 0.1) is 22.5 Å². The molecule has 0 aromatic carbocycles. The van der Waals surface area contributed by atoms with E-state index >= 15 is 0 Å². The third-order valence-electron chi connectivity index (χ3n) is 7.46. The van der Waals surface area contributed by atoms with E-state index in [2.05, 4.69) is 15.1 Å². The molecule has 5 rings (SSSR count). The van der Waals surface area contributed by atoms with Crippen molar-refractivity contribution >= 4 is 23.4 Å². The normalized spacial score (nSPS) is 34.4. The second-order valence-electron chi connectivity index (χ2n) is 9.49. The Morgan fingerprint density at radius 2 is 2.07 bits per heavy atom. The van der Waals surface area contributed by atoms with Crippen LogP contribution in [0.5, 0.6) is 0 Å². The van der Waals surface area contributed by atoms with E-state index in [-0.39, 0.29) is 23.8 Å². The molecule has 8 nitrogen and oxygen atoms in total. The lowest BCUT2D eigenvalue weighted by Gasteiger charge is -2.56. The van der Waals surface area contributed by atoms with Crippen molar-refractivity contribution < 1.29 is 14.7 Å². The van der Waals surface area contributed by atoms with Gasteiger partial charge in [-0.25, -0.2) is 0 Å². The van der Waals surface area contributed by atoms with Gasteiger partial charge < -0.3 is 14.9 Å². The molecule has 30 heavy (non-hydrogen) atoms. The van der Waals surface area contributed by atoms with Crippen LogP contribution in [0, 0.1) is 18.8 Å². The van der Waals surface area contributed by atoms with Gasteiger partial charge in [-0.05, 0) is 38.5 Å². The van der Waals surface area contributed by atoms with E-state index in [1.54, 1.807) is 4.90 Å². The first-order valence-electron chi connectivity index (χ1n) is 11.1. The Balaban J connectivity index is 1.41. The predicted molar refractivity (Wildman–Crippen MR) is 111 cm³/mol. The number of carbonyl (C=O) groups is 2. The first-order chi connectivity index (χ1) is 14.4. The Kier molecular flexibility index (Phi) is 5.27. The number of aliphatic hydroxyl groups excluding tert-OH is 1. The lowest BCUT2D eigenvalue weighted by molar-refractivity contribution is -0.165. The SMILES string of the molecule is Cc1[nH]nc(CN2C[C@H]3C[C@@H](C2)[C@H](C(=O)N2CC[C@@H](O)C2)N2C(=O)CCC[C@@H]32)c1Cl. The van der Waals surface area contributed by atoms with Crippen molar-refractivity contribution in [3.05, 3.63) is 16.4 Å². The number of amides is 2. The van der Waals surface area contributed by atoms with Gasteiger partial charge in [0.25, 0.3) is 0 Å². The van der Waals surface area contributed by atoms with Gasteiger partial charge in [0.15, 0.2) is 0 Å². The minimum absolute atomic E-state index is 0.0192. The van der Waals surface area contributed by atoms with Crippen molar-refractivity contribution in [1.29, 1.82) is 0 Å². The second kappa shape index (κ2) is 7.80. The number of aromatic nitrogens is 2.